The quantitative estimate of drug-likeness (QED) is 0.0295. The Balaban J connectivity index is 0.000000760. The molecule has 3 unspecified atom stereocenters. The maximum atomic E-state index is 9.42. The number of rotatable bonds is 36. The van der Waals surface area contributed by atoms with Crippen LogP contribution in [0.25, 0.3) is 0 Å². The highest BCUT2D eigenvalue weighted by Crippen LogP contribution is 2.38. The highest BCUT2D eigenvalue weighted by atomic mass is 16.6. The van der Waals surface area contributed by atoms with Gasteiger partial charge in [-0.3, -0.25) is 0 Å². The molecule has 0 amide bonds. The van der Waals surface area contributed by atoms with Gasteiger partial charge in [0.25, 0.3) is 0 Å². The van der Waals surface area contributed by atoms with Crippen molar-refractivity contribution in [3.05, 3.63) is 0 Å². The number of aliphatic hydroxyl groups excluding tert-OH is 9. The van der Waals surface area contributed by atoms with Gasteiger partial charge in [0.2, 0.25) is 0 Å². The summed E-state index contributed by atoms with van der Waals surface area (Å²) in [5, 5.41) is 84.0. The Hall–Kier alpha value is -1.44. The average Bonchev–Trinajstić information content (AvgIpc) is 0.589. The van der Waals surface area contributed by atoms with Crippen LogP contribution in [0.4, 0.5) is 0 Å². The molecule has 9 aliphatic rings. The molecule has 9 rings (SSSR count). The molecule has 36 nitrogen and oxygen atoms in total. The van der Waals surface area contributed by atoms with Crippen LogP contribution in [-0.2, 0) is 128 Å². The zero-order valence-corrected chi connectivity index (χ0v) is 89.8. The maximum absolute atomic E-state index is 9.42. The summed E-state index contributed by atoms with van der Waals surface area (Å²) >= 11 is 0. The molecule has 0 aromatic rings. The minimum Gasteiger partial charge on any atom is -0.396 e. The van der Waals surface area contributed by atoms with Crippen LogP contribution in [0, 0.1) is 53.3 Å². The number of hydrogen-bond acceptors (Lipinski definition) is 36. The van der Waals surface area contributed by atoms with E-state index in [4.69, 9.17) is 128 Å². The molecule has 0 spiro atoms. The van der Waals surface area contributed by atoms with Gasteiger partial charge in [0, 0.05) is 178 Å². The second kappa shape index (κ2) is 72.0. The van der Waals surface area contributed by atoms with E-state index in [9.17, 15) is 46.0 Å². The van der Waals surface area contributed by atoms with E-state index in [0.29, 0.717) is 39.6 Å². The smallest absolute Gasteiger partial charge is 0.110 e. The summed E-state index contributed by atoms with van der Waals surface area (Å²) in [6.07, 6.45) is 1.35. The lowest BCUT2D eigenvalue weighted by molar-refractivity contribution is -0.219. The third-order valence-corrected chi connectivity index (χ3v) is 28.0. The van der Waals surface area contributed by atoms with Crippen molar-refractivity contribution in [2.75, 3.05) is 184 Å². The van der Waals surface area contributed by atoms with Gasteiger partial charge in [-0.2, -0.15) is 0 Å². The second-order valence-corrected chi connectivity index (χ2v) is 36.7. The zero-order chi connectivity index (χ0) is 103. The van der Waals surface area contributed by atoms with Crippen molar-refractivity contribution in [3.63, 3.8) is 0 Å². The largest absolute Gasteiger partial charge is 0.396 e. The Kier molecular flexibility index (Phi) is 70.1. The molecule has 810 valence electrons. The zero-order valence-electron chi connectivity index (χ0n) is 89.8. The van der Waals surface area contributed by atoms with Crippen LogP contribution < -0.4 is 0 Å². The van der Waals surface area contributed by atoms with E-state index in [1.165, 1.54) is 0 Å². The van der Waals surface area contributed by atoms with Crippen molar-refractivity contribution < 1.29 is 174 Å². The minimum absolute atomic E-state index is 0.00255. The van der Waals surface area contributed by atoms with Crippen molar-refractivity contribution in [2.45, 2.75) is 405 Å². The van der Waals surface area contributed by atoms with Crippen LogP contribution >= 0.6 is 0 Å². The lowest BCUT2D eigenvalue weighted by Crippen LogP contribution is -2.55. The lowest BCUT2D eigenvalue weighted by atomic mass is 9.88. The fourth-order valence-corrected chi connectivity index (χ4v) is 20.4. The van der Waals surface area contributed by atoms with Gasteiger partial charge in [-0.15, -0.1) is 0 Å². The summed E-state index contributed by atoms with van der Waals surface area (Å²) in [6.45, 7) is 52.1. The van der Waals surface area contributed by atoms with E-state index in [2.05, 4.69) is 20.8 Å². The van der Waals surface area contributed by atoms with Gasteiger partial charge in [-0.1, -0.05) is 20.8 Å². The van der Waals surface area contributed by atoms with Crippen molar-refractivity contribution in [1.29, 1.82) is 0 Å². The van der Waals surface area contributed by atoms with E-state index < -0.39 is 0 Å². The molecule has 0 aromatic heterocycles. The Morgan fingerprint density at radius 1 is 0.148 bits per heavy atom. The number of hydrogen-bond donors (Lipinski definition) is 9. The molecule has 9 aliphatic heterocycles. The summed E-state index contributed by atoms with van der Waals surface area (Å²) in [5.74, 6) is -0.0835. The molecular formula is C99H198O36. The van der Waals surface area contributed by atoms with E-state index in [-0.39, 0.29) is 332 Å². The predicted molar refractivity (Wildman–Crippen MR) is 511 cm³/mol. The van der Waals surface area contributed by atoms with Crippen molar-refractivity contribution in [3.8, 4) is 0 Å². The van der Waals surface area contributed by atoms with Gasteiger partial charge in [0.1, 0.15) is 54.9 Å². The summed E-state index contributed by atoms with van der Waals surface area (Å²) < 4.78 is 150. The first kappa shape index (κ1) is 132. The minimum atomic E-state index is -0.103. The molecule has 0 aromatic carbocycles. The van der Waals surface area contributed by atoms with Crippen LogP contribution in [0.3, 0.4) is 0 Å². The molecule has 36 heteroatoms. The third-order valence-electron chi connectivity index (χ3n) is 28.0. The predicted octanol–water partition coefficient (Wildman–Crippen LogP) is 7.40. The van der Waals surface area contributed by atoms with Crippen molar-refractivity contribution in [1.82, 2.24) is 0 Å². The van der Waals surface area contributed by atoms with Crippen LogP contribution in [0.1, 0.15) is 185 Å². The Morgan fingerprint density at radius 2 is 0.252 bits per heavy atom. The van der Waals surface area contributed by atoms with Gasteiger partial charge >= 0.3 is 0 Å². The van der Waals surface area contributed by atoms with E-state index in [1.807, 2.05) is 145 Å². The van der Waals surface area contributed by atoms with Gasteiger partial charge in [0.15, 0.2) is 0 Å². The SMILES string of the molecule is CCCO[C@@H]1[C@@H](OC)[C@H](C)OC(C)[C@@H]1CO.CCCO[C@H]1[C@@H](CO)[C@@H](C)O[C@@H](C)[C@@H]1OC.CCCO[C@H]1[C@@H](CO)[C@H](C)O[C@@H](C)[C@@H]1OC.CCO[C@@H]1[C@@H](OC)[C@H](C)OC(C)[C@@H]1CO.CCO[C@H]1[C@@H](CO)[C@@H](C)O[C@@H](C)[C@@H]1OC.CCO[C@H]1[C@@H](CO)[C@H](C)O[C@@H](C)[C@@H]1OC.CO[C@@H]1[C@@H](OC)[C@@H](CO)C(C)O[C@H]1C.CO[C@@H]1[C@@H](OC)[C@@H](CO)[C@@H](C)O[C@H]1C.CO[C@@H]1[C@@H](OC)[C@@H](CO)[C@H](C)O[C@H]1C. The third kappa shape index (κ3) is 38.7. The maximum Gasteiger partial charge on any atom is 0.110 e. The Labute approximate surface area is 813 Å². The molecule has 9 fully saturated rings. The van der Waals surface area contributed by atoms with Crippen molar-refractivity contribution in [2.24, 2.45) is 53.3 Å². The van der Waals surface area contributed by atoms with Gasteiger partial charge in [0.05, 0.1) is 224 Å². The second-order valence-electron chi connectivity index (χ2n) is 36.7. The van der Waals surface area contributed by atoms with Crippen LogP contribution in [0.15, 0.2) is 0 Å². The Bertz CT molecular complexity index is 2380. The Morgan fingerprint density at radius 3 is 0.348 bits per heavy atom. The molecule has 9 heterocycles. The highest BCUT2D eigenvalue weighted by molar-refractivity contribution is 4.99. The molecular weight excluding hydrogens is 1770 g/mol. The lowest BCUT2D eigenvalue weighted by Gasteiger charge is -2.43. The number of methoxy groups -OCH3 is 12. The standard InChI is InChI=1S/3C12H24O4.3C11H22O4.3C10H20O4/c3*1-5-6-15-12-10(7-13)8(2)16-9(3)11(12)14-4;3*1-5-14-11-9(6-12)7(2)15-8(3)10(11)13-4;3*1-6-8(5-11)10(13-4)9(12-3)7(2)14-6/h3*8-13H,5-7H2,1-4H3;3*7-12H,5-6H2,1-4H3;3*6-11H,5H2,1-4H3/t8?,9-,10-,11-,12-;8-,9+,10+,11+,12+;8-,9-,10-,11-,12-;7?,8-,9-,10-,11-;7-,8+,9+,10+,11+;7-,8-,9-,10-,11-;6?,7-,8-,9-,10-;6-,7+,8+,9+,10+;6-,7-,8-,9-,10-/m010010010/s1. The fraction of sp³-hybridized carbons (Fsp3) is 1.00. The van der Waals surface area contributed by atoms with Gasteiger partial charge in [-0.05, 0) is 165 Å². The molecule has 0 saturated carbocycles. The molecule has 9 N–H and O–H groups in total. The summed E-state index contributed by atoms with van der Waals surface area (Å²) in [7, 11) is 19.8. The van der Waals surface area contributed by atoms with Crippen LogP contribution in [0.2, 0.25) is 0 Å². The number of aliphatic hydroxyl groups is 9. The highest BCUT2D eigenvalue weighted by Gasteiger charge is 2.51. The molecule has 45 atom stereocenters. The number of ether oxygens (including phenoxy) is 27. The van der Waals surface area contributed by atoms with E-state index >= 15 is 0 Å². The van der Waals surface area contributed by atoms with E-state index in [1.54, 1.807) is 85.3 Å². The molecule has 9 saturated heterocycles. The summed E-state index contributed by atoms with van der Waals surface area (Å²) in [5.41, 5.74) is 0. The first-order chi connectivity index (χ1) is 64.4. The first-order valence-electron chi connectivity index (χ1n) is 49.8. The summed E-state index contributed by atoms with van der Waals surface area (Å²) in [6, 6.07) is 0. The topological polar surface area (TPSA) is 431 Å². The first-order valence-corrected chi connectivity index (χ1v) is 49.8. The van der Waals surface area contributed by atoms with Gasteiger partial charge < -0.3 is 174 Å². The van der Waals surface area contributed by atoms with E-state index in [0.717, 1.165) is 19.3 Å². The molecule has 0 bridgehead atoms. The van der Waals surface area contributed by atoms with Crippen LogP contribution in [0.5, 0.6) is 0 Å². The monoisotopic (exact) mass is 1960 g/mol. The van der Waals surface area contributed by atoms with Gasteiger partial charge in [-0.25, -0.2) is 0 Å². The average molecular weight is 1960 g/mol. The van der Waals surface area contributed by atoms with Crippen LogP contribution in [-0.4, -0.2) is 450 Å². The molecule has 0 radical (unpaired) electrons. The molecule has 135 heavy (non-hydrogen) atoms. The summed E-state index contributed by atoms with van der Waals surface area (Å²) in [4.78, 5) is 0. The normalized spacial score (nSPS) is 41.8. The van der Waals surface area contributed by atoms with Crippen molar-refractivity contribution >= 4 is 0 Å². The fourth-order valence-electron chi connectivity index (χ4n) is 20.4. The molecule has 0 aliphatic carbocycles.